The SMILES string of the molecule is Cc1c(N)nc([C@H](CC(N)=O)NC[C@H](N)C(N)=O)nc1C(=O)N[C@H](C(=O)N[C@H](C)[C@@H](O)CC(=O)N[C@H](C(=O)NC(OC1OC(C)C(N)C(O)C1O)C(O)c1nc(-c2nc(C(=O)NCC(O)CN)cs2)cs1)[C@@H](C)O)[C@@H](OC1OC(CO)C(O)C(O)C1OC1OC(CO)C(O)C(OC(N)=O)C1O)c1cnc[nH]1. The molecule has 590 valence electrons. The van der Waals surface area contributed by atoms with Crippen molar-refractivity contribution in [3.8, 4) is 10.7 Å². The van der Waals surface area contributed by atoms with Crippen LogP contribution >= 0.6 is 22.7 Å². The number of nitrogens with two attached hydrogens (primary N) is 7. The predicted molar refractivity (Wildman–Crippen MR) is 356 cm³/mol. The number of nitrogens with zero attached hydrogens (tertiary/aromatic N) is 5. The molecule has 0 saturated carbocycles. The van der Waals surface area contributed by atoms with Gasteiger partial charge in [0, 0.05) is 42.4 Å². The van der Waals surface area contributed by atoms with Gasteiger partial charge >= 0.3 is 6.09 Å². The fraction of sp³-hybridized carbons (Fsp3) is 0.638. The van der Waals surface area contributed by atoms with E-state index in [1.165, 1.54) is 24.6 Å². The number of aliphatic hydroxyl groups excluding tert-OH is 12. The summed E-state index contributed by atoms with van der Waals surface area (Å²) in [6.45, 7) is 2.12. The Balaban J connectivity index is 1.18. The molecule has 18 unspecified atom stereocenters. The lowest BCUT2D eigenvalue weighted by atomic mass is 9.97. The lowest BCUT2D eigenvalue weighted by Gasteiger charge is -2.47. The van der Waals surface area contributed by atoms with Crippen molar-refractivity contribution in [1.29, 1.82) is 0 Å². The van der Waals surface area contributed by atoms with Crippen LogP contribution < -0.4 is 72.0 Å². The summed E-state index contributed by atoms with van der Waals surface area (Å²) < 4.78 is 40.3. The van der Waals surface area contributed by atoms with Crippen molar-refractivity contribution in [2.24, 2.45) is 34.4 Å². The molecule has 0 bridgehead atoms. The number of aliphatic hydroxyl groups is 12. The van der Waals surface area contributed by atoms with E-state index >= 15 is 4.79 Å². The second kappa shape index (κ2) is 38.2. The lowest BCUT2D eigenvalue weighted by Crippen LogP contribution is -2.65. The van der Waals surface area contributed by atoms with Crippen molar-refractivity contribution in [3.05, 3.63) is 56.8 Å². The lowest BCUT2D eigenvalue weighted by molar-refractivity contribution is -0.372. The van der Waals surface area contributed by atoms with E-state index in [-0.39, 0.29) is 45.7 Å². The number of amides is 8. The fourth-order valence-electron chi connectivity index (χ4n) is 10.7. The number of aromatic amines is 1. The van der Waals surface area contributed by atoms with E-state index < -0.39 is 256 Å². The van der Waals surface area contributed by atoms with Gasteiger partial charge in [0.15, 0.2) is 37.3 Å². The van der Waals surface area contributed by atoms with Crippen LogP contribution in [0.25, 0.3) is 10.7 Å². The number of hydrogen-bond donors (Lipinski definition) is 26. The third-order valence-corrected chi connectivity index (χ3v) is 18.7. The van der Waals surface area contributed by atoms with E-state index in [2.05, 4.69) is 61.8 Å². The van der Waals surface area contributed by atoms with Crippen molar-refractivity contribution in [1.82, 2.24) is 61.8 Å². The average molecular weight is 1550 g/mol. The molecule has 3 aliphatic rings. The maximum Gasteiger partial charge on any atom is 0.404 e. The molecule has 3 saturated heterocycles. The second-order valence-corrected chi connectivity index (χ2v) is 26.6. The minimum atomic E-state index is -2.27. The molecule has 0 aromatic carbocycles. The normalized spacial score (nSPS) is 27.8. The fourth-order valence-corrected chi connectivity index (χ4v) is 12.4. The van der Waals surface area contributed by atoms with Gasteiger partial charge in [-0.05, 0) is 27.7 Å². The van der Waals surface area contributed by atoms with Gasteiger partial charge in [-0.1, -0.05) is 0 Å². The molecule has 7 rings (SSSR count). The zero-order chi connectivity index (χ0) is 78.5. The van der Waals surface area contributed by atoms with E-state index in [9.17, 15) is 94.8 Å². The van der Waals surface area contributed by atoms with Gasteiger partial charge in [0.25, 0.3) is 11.8 Å². The zero-order valence-electron chi connectivity index (χ0n) is 56.9. The van der Waals surface area contributed by atoms with E-state index in [0.717, 1.165) is 49.0 Å². The molecular weight excluding hydrogens is 1460 g/mol. The molecule has 4 aromatic heterocycles. The number of primary amides is 3. The number of nitrogens with one attached hydrogen (secondary N) is 7. The summed E-state index contributed by atoms with van der Waals surface area (Å²) in [4.78, 5) is 131. The molecule has 3 aliphatic heterocycles. The Labute approximate surface area is 608 Å². The number of aromatic nitrogens is 6. The van der Waals surface area contributed by atoms with Crippen LogP contribution in [-0.2, 0) is 57.1 Å². The summed E-state index contributed by atoms with van der Waals surface area (Å²) >= 11 is 1.78. The Morgan fingerprint density at radius 3 is 2.02 bits per heavy atom. The molecule has 4 aromatic rings. The summed E-state index contributed by atoms with van der Waals surface area (Å²) in [6.07, 6.45) is -39.0. The average Bonchev–Trinajstić information content (AvgIpc) is 0.816. The molecule has 26 atom stereocenters. The van der Waals surface area contributed by atoms with Crippen LogP contribution in [0.2, 0.25) is 0 Å². The van der Waals surface area contributed by atoms with Crippen LogP contribution in [0.4, 0.5) is 10.6 Å². The summed E-state index contributed by atoms with van der Waals surface area (Å²) in [5.74, 6) is -8.56. The quantitative estimate of drug-likeness (QED) is 0.0188. The molecule has 3 fully saturated rings. The molecule has 0 radical (unpaired) electrons. The standard InChI is InChI=1S/C58H89N19O27S2/c1-16-32(74-47(76-45(16)63)22(5-29(61)83)67-9-21(60)46(64)92)49(94)75-34(42(23-10-66-15-69-23)101-57-44(38(88)35(85)27(11-78)100-57)102-56-40(90)43(103-58(65)97)36(86)28(12-79)99-56)51(96)70-17(2)26(82)6-30(84)73-33(18(3)80)50(95)77-52(104-55-39(89)37(87)31(62)19(4)98-55)41(91)54-72-25(14-106-54)53-71-24(13-105-53)48(93)68-8-20(81)7-59/h10,13-15,17-22,26-28,31,33-44,52,55-57,67,78-82,85-91H,5-9,11-12,59-60,62H2,1-4H3,(H2,61,83)(H2,64,92)(H2,65,97)(H,66,69)(H,68,93)(H,70,96)(H,73,84)(H,75,94)(H,77,95)(H2,63,74,76)/t17-,18-,19?,20?,21+,22+,26+,27?,28?,31?,33+,34+,35?,36?,37?,38?,39?,40?,41?,42+,43?,44?,52?,55?,56?,57?/m1/s1. The summed E-state index contributed by atoms with van der Waals surface area (Å²) in [7, 11) is 0. The number of carbonyl (C=O) groups is 8. The van der Waals surface area contributed by atoms with Crippen molar-refractivity contribution in [3.63, 3.8) is 0 Å². The van der Waals surface area contributed by atoms with E-state index in [0.29, 0.717) is 0 Å². The Hall–Kier alpha value is -7.97. The summed E-state index contributed by atoms with van der Waals surface area (Å²) in [6, 6.07) is -9.71. The van der Waals surface area contributed by atoms with Gasteiger partial charge < -0.3 is 171 Å². The van der Waals surface area contributed by atoms with Gasteiger partial charge in [-0.25, -0.2) is 29.7 Å². The number of rotatable bonds is 36. The first-order valence-corrected chi connectivity index (χ1v) is 34.2. The first-order valence-electron chi connectivity index (χ1n) is 32.4. The number of ether oxygens (including phenoxy) is 7. The van der Waals surface area contributed by atoms with Crippen molar-refractivity contribution in [2.45, 2.75) is 200 Å². The van der Waals surface area contributed by atoms with Crippen LogP contribution in [0.3, 0.4) is 0 Å². The van der Waals surface area contributed by atoms with Crippen molar-refractivity contribution >= 4 is 75.9 Å². The molecular formula is C58H89N19O27S2. The maximum atomic E-state index is 15.3. The highest BCUT2D eigenvalue weighted by Crippen LogP contribution is 2.36. The number of carbonyl (C=O) groups excluding carboxylic acids is 8. The van der Waals surface area contributed by atoms with Crippen LogP contribution in [-0.4, -0.2) is 312 Å². The predicted octanol–water partition coefficient (Wildman–Crippen LogP) is -12.3. The van der Waals surface area contributed by atoms with Crippen LogP contribution in [0, 0.1) is 6.92 Å². The van der Waals surface area contributed by atoms with Crippen molar-refractivity contribution < 1.29 is 133 Å². The smallest absolute Gasteiger partial charge is 0.404 e. The summed E-state index contributed by atoms with van der Waals surface area (Å²) in [5, 5.41) is 149. The second-order valence-electron chi connectivity index (χ2n) is 24.9. The topological polar surface area (TPSA) is 778 Å². The van der Waals surface area contributed by atoms with Gasteiger partial charge in [0.05, 0.1) is 86.4 Å². The molecule has 8 amide bonds. The van der Waals surface area contributed by atoms with E-state index in [1.807, 2.05) is 0 Å². The maximum absolute atomic E-state index is 15.3. The highest BCUT2D eigenvalue weighted by molar-refractivity contribution is 7.14. The molecule has 7 heterocycles. The first kappa shape index (κ1) is 85.3. The highest BCUT2D eigenvalue weighted by atomic mass is 32.1. The van der Waals surface area contributed by atoms with Gasteiger partial charge in [-0.3, -0.25) is 33.6 Å². The largest absolute Gasteiger partial charge is 0.441 e. The number of hydrogen-bond acceptors (Lipinski definition) is 39. The molecule has 0 spiro atoms. The Kier molecular flexibility index (Phi) is 30.7. The molecule has 33 N–H and O–H groups in total. The number of nitrogen functional groups attached to an aromatic ring is 1. The number of H-pyrrole nitrogens is 1. The van der Waals surface area contributed by atoms with E-state index in [4.69, 9.17) is 73.3 Å². The minimum absolute atomic E-state index is 0.0583. The third-order valence-electron chi connectivity index (χ3n) is 16.9. The Morgan fingerprint density at radius 2 is 1.40 bits per heavy atom. The van der Waals surface area contributed by atoms with Crippen LogP contribution in [0.5, 0.6) is 0 Å². The Bertz CT molecular complexity index is 3630. The first-order chi connectivity index (χ1) is 50.0. The highest BCUT2D eigenvalue weighted by Gasteiger charge is 2.54. The van der Waals surface area contributed by atoms with Crippen LogP contribution in [0.15, 0.2) is 23.3 Å². The third kappa shape index (κ3) is 21.5. The number of thiazole rings is 2. The minimum Gasteiger partial charge on any atom is -0.441 e. The van der Waals surface area contributed by atoms with Crippen molar-refractivity contribution in [2.75, 3.05) is 38.6 Å². The Morgan fingerprint density at radius 1 is 0.726 bits per heavy atom. The van der Waals surface area contributed by atoms with Crippen LogP contribution in [0.1, 0.15) is 94.9 Å². The molecule has 106 heavy (non-hydrogen) atoms. The van der Waals surface area contributed by atoms with Gasteiger partial charge in [-0.15, -0.1) is 22.7 Å². The molecule has 46 nitrogen and oxygen atoms in total. The van der Waals surface area contributed by atoms with Gasteiger partial charge in [-0.2, -0.15) is 0 Å². The van der Waals surface area contributed by atoms with E-state index in [1.54, 1.807) is 0 Å². The number of anilines is 1. The van der Waals surface area contributed by atoms with Gasteiger partial charge in [0.1, 0.15) is 112 Å². The molecule has 0 aliphatic carbocycles. The number of imidazole rings is 1. The monoisotopic (exact) mass is 1550 g/mol. The zero-order valence-corrected chi connectivity index (χ0v) is 58.5. The summed E-state index contributed by atoms with van der Waals surface area (Å²) in [5.41, 5.74) is 38.6. The van der Waals surface area contributed by atoms with Gasteiger partial charge in [0.2, 0.25) is 29.5 Å². The molecule has 48 heteroatoms.